The van der Waals surface area contributed by atoms with Crippen molar-refractivity contribution < 1.29 is 9.59 Å². The molecule has 4 heteroatoms. The standard InChI is InChI=1S/C12H12N2O2/c1-2-12(16)14-9-3-4-11-10(5-9)8(7-15)6-13-11/h3-7,13H,2H2,1H3,(H,14,16). The molecule has 16 heavy (non-hydrogen) atoms. The summed E-state index contributed by atoms with van der Waals surface area (Å²) in [6.45, 7) is 1.79. The maximum Gasteiger partial charge on any atom is 0.224 e. The van der Waals surface area contributed by atoms with Gasteiger partial charge in [-0.2, -0.15) is 0 Å². The first kappa shape index (κ1) is 10.4. The first-order valence-electron chi connectivity index (χ1n) is 5.10. The second-order valence-corrected chi connectivity index (χ2v) is 3.52. The van der Waals surface area contributed by atoms with Crippen LogP contribution >= 0.6 is 0 Å². The Morgan fingerprint density at radius 1 is 1.50 bits per heavy atom. The molecule has 0 fully saturated rings. The summed E-state index contributed by atoms with van der Waals surface area (Å²) in [6.07, 6.45) is 2.89. The number of carbonyl (C=O) groups is 2. The molecule has 2 aromatic rings. The highest BCUT2D eigenvalue weighted by Gasteiger charge is 2.05. The van der Waals surface area contributed by atoms with Crippen molar-refractivity contribution >= 4 is 28.8 Å². The van der Waals surface area contributed by atoms with E-state index in [1.807, 2.05) is 6.07 Å². The molecule has 1 amide bonds. The first-order chi connectivity index (χ1) is 7.74. The minimum absolute atomic E-state index is 0.0393. The zero-order valence-corrected chi connectivity index (χ0v) is 8.91. The van der Waals surface area contributed by atoms with Crippen molar-refractivity contribution in [1.29, 1.82) is 0 Å². The Labute approximate surface area is 92.7 Å². The van der Waals surface area contributed by atoms with Crippen molar-refractivity contribution in [2.24, 2.45) is 0 Å². The summed E-state index contributed by atoms with van der Waals surface area (Å²) in [5, 5.41) is 3.58. The number of amides is 1. The number of hydrogen-bond donors (Lipinski definition) is 2. The van der Waals surface area contributed by atoms with Crippen LogP contribution in [0.3, 0.4) is 0 Å². The highest BCUT2D eigenvalue weighted by atomic mass is 16.1. The van der Waals surface area contributed by atoms with Crippen LogP contribution in [-0.4, -0.2) is 17.2 Å². The molecule has 0 radical (unpaired) electrons. The number of benzene rings is 1. The largest absolute Gasteiger partial charge is 0.360 e. The minimum Gasteiger partial charge on any atom is -0.360 e. The topological polar surface area (TPSA) is 62.0 Å². The van der Waals surface area contributed by atoms with Crippen molar-refractivity contribution in [1.82, 2.24) is 4.98 Å². The molecule has 0 aliphatic heterocycles. The van der Waals surface area contributed by atoms with Crippen LogP contribution in [0.1, 0.15) is 23.7 Å². The van der Waals surface area contributed by atoms with E-state index in [4.69, 9.17) is 0 Å². The smallest absolute Gasteiger partial charge is 0.224 e. The number of carbonyl (C=O) groups excluding carboxylic acids is 2. The summed E-state index contributed by atoms with van der Waals surface area (Å²) < 4.78 is 0. The van der Waals surface area contributed by atoms with Crippen molar-refractivity contribution in [3.05, 3.63) is 30.0 Å². The van der Waals surface area contributed by atoms with Gasteiger partial charge in [0.05, 0.1) is 0 Å². The quantitative estimate of drug-likeness (QED) is 0.773. The van der Waals surface area contributed by atoms with Gasteiger partial charge in [-0.15, -0.1) is 0 Å². The molecule has 0 saturated carbocycles. The molecule has 0 bridgehead atoms. The van der Waals surface area contributed by atoms with E-state index in [9.17, 15) is 9.59 Å². The molecule has 1 heterocycles. The fourth-order valence-electron chi connectivity index (χ4n) is 1.57. The zero-order valence-electron chi connectivity index (χ0n) is 8.91. The van der Waals surface area contributed by atoms with Gasteiger partial charge < -0.3 is 10.3 Å². The molecule has 0 saturated heterocycles. The Kier molecular flexibility index (Phi) is 2.72. The van der Waals surface area contributed by atoms with E-state index in [1.54, 1.807) is 25.3 Å². The molecule has 4 nitrogen and oxygen atoms in total. The third kappa shape index (κ3) is 1.82. The Balaban J connectivity index is 2.41. The summed E-state index contributed by atoms with van der Waals surface area (Å²) >= 11 is 0. The maximum atomic E-state index is 11.2. The van der Waals surface area contributed by atoms with Gasteiger partial charge in [0, 0.05) is 34.8 Å². The van der Waals surface area contributed by atoms with Gasteiger partial charge in [-0.05, 0) is 18.2 Å². The highest BCUT2D eigenvalue weighted by molar-refractivity contribution is 6.00. The van der Waals surface area contributed by atoms with Gasteiger partial charge in [-0.1, -0.05) is 6.92 Å². The van der Waals surface area contributed by atoms with Gasteiger partial charge in [-0.25, -0.2) is 0 Å². The molecular weight excluding hydrogens is 204 g/mol. The molecule has 82 valence electrons. The van der Waals surface area contributed by atoms with E-state index >= 15 is 0 Å². The second kappa shape index (κ2) is 4.18. The van der Waals surface area contributed by atoms with Crippen LogP contribution in [-0.2, 0) is 4.79 Å². The molecule has 2 rings (SSSR count). The predicted molar refractivity (Wildman–Crippen MR) is 62.6 cm³/mol. The van der Waals surface area contributed by atoms with Gasteiger partial charge in [0.1, 0.15) is 0 Å². The first-order valence-corrected chi connectivity index (χ1v) is 5.10. The van der Waals surface area contributed by atoms with Crippen LogP contribution in [0.25, 0.3) is 10.9 Å². The fourth-order valence-corrected chi connectivity index (χ4v) is 1.57. The van der Waals surface area contributed by atoms with Crippen LogP contribution < -0.4 is 5.32 Å². The van der Waals surface area contributed by atoms with Crippen LogP contribution in [0.4, 0.5) is 5.69 Å². The fraction of sp³-hybridized carbons (Fsp3) is 0.167. The molecule has 0 aliphatic carbocycles. The molecule has 0 unspecified atom stereocenters. The third-order valence-corrected chi connectivity index (χ3v) is 2.45. The summed E-state index contributed by atoms with van der Waals surface area (Å²) in [5.74, 6) is -0.0393. The molecule has 0 spiro atoms. The minimum atomic E-state index is -0.0393. The number of nitrogens with one attached hydrogen (secondary N) is 2. The molecule has 0 aliphatic rings. The molecule has 0 atom stereocenters. The number of H-pyrrole nitrogens is 1. The van der Waals surface area contributed by atoms with Crippen LogP contribution in [0.15, 0.2) is 24.4 Å². The summed E-state index contributed by atoms with van der Waals surface area (Å²) in [7, 11) is 0. The molecular formula is C12H12N2O2. The summed E-state index contributed by atoms with van der Waals surface area (Å²) in [6, 6.07) is 5.44. The number of aldehydes is 1. The Bertz CT molecular complexity index is 543. The normalized spacial score (nSPS) is 10.3. The van der Waals surface area contributed by atoms with Crippen molar-refractivity contribution in [2.75, 3.05) is 5.32 Å². The number of fused-ring (bicyclic) bond motifs is 1. The van der Waals surface area contributed by atoms with Crippen molar-refractivity contribution in [3.63, 3.8) is 0 Å². The van der Waals surface area contributed by atoms with Crippen LogP contribution in [0, 0.1) is 0 Å². The van der Waals surface area contributed by atoms with E-state index in [0.717, 1.165) is 17.2 Å². The van der Waals surface area contributed by atoms with E-state index in [2.05, 4.69) is 10.3 Å². The lowest BCUT2D eigenvalue weighted by Crippen LogP contribution is -2.09. The van der Waals surface area contributed by atoms with Gasteiger partial charge in [0.25, 0.3) is 0 Å². The average molecular weight is 216 g/mol. The maximum absolute atomic E-state index is 11.2. The van der Waals surface area contributed by atoms with Crippen molar-refractivity contribution in [3.8, 4) is 0 Å². The molecule has 1 aromatic heterocycles. The van der Waals surface area contributed by atoms with E-state index in [0.29, 0.717) is 17.7 Å². The lowest BCUT2D eigenvalue weighted by molar-refractivity contribution is -0.115. The van der Waals surface area contributed by atoms with Crippen molar-refractivity contribution in [2.45, 2.75) is 13.3 Å². The van der Waals surface area contributed by atoms with Gasteiger partial charge in [0.15, 0.2) is 6.29 Å². The van der Waals surface area contributed by atoms with Gasteiger partial charge >= 0.3 is 0 Å². The van der Waals surface area contributed by atoms with E-state index < -0.39 is 0 Å². The second-order valence-electron chi connectivity index (χ2n) is 3.52. The lowest BCUT2D eigenvalue weighted by atomic mass is 10.1. The summed E-state index contributed by atoms with van der Waals surface area (Å²) in [5.41, 5.74) is 2.20. The monoisotopic (exact) mass is 216 g/mol. The Morgan fingerprint density at radius 2 is 2.31 bits per heavy atom. The zero-order chi connectivity index (χ0) is 11.5. The number of anilines is 1. The number of rotatable bonds is 3. The van der Waals surface area contributed by atoms with Crippen LogP contribution in [0.5, 0.6) is 0 Å². The van der Waals surface area contributed by atoms with Gasteiger partial charge in [0.2, 0.25) is 5.91 Å². The van der Waals surface area contributed by atoms with E-state index in [-0.39, 0.29) is 5.91 Å². The highest BCUT2D eigenvalue weighted by Crippen LogP contribution is 2.21. The average Bonchev–Trinajstić information content (AvgIpc) is 2.71. The summed E-state index contributed by atoms with van der Waals surface area (Å²) in [4.78, 5) is 25.0. The number of hydrogen-bond acceptors (Lipinski definition) is 2. The predicted octanol–water partition coefficient (Wildman–Crippen LogP) is 2.33. The van der Waals surface area contributed by atoms with Gasteiger partial charge in [-0.3, -0.25) is 9.59 Å². The molecule has 1 aromatic carbocycles. The Morgan fingerprint density at radius 3 is 3.00 bits per heavy atom. The molecule has 2 N–H and O–H groups in total. The Hall–Kier alpha value is -2.10. The lowest BCUT2D eigenvalue weighted by Gasteiger charge is -2.03. The number of aromatic nitrogens is 1. The van der Waals surface area contributed by atoms with Crippen LogP contribution in [0.2, 0.25) is 0 Å². The number of aromatic amines is 1. The van der Waals surface area contributed by atoms with E-state index in [1.165, 1.54) is 0 Å². The SMILES string of the molecule is CCC(=O)Nc1ccc2[nH]cc(C=O)c2c1. The third-order valence-electron chi connectivity index (χ3n) is 2.45.